The van der Waals surface area contributed by atoms with E-state index in [9.17, 15) is 5.11 Å². The lowest BCUT2D eigenvalue weighted by Gasteiger charge is -2.14. The van der Waals surface area contributed by atoms with Crippen molar-refractivity contribution < 1.29 is 5.11 Å². The van der Waals surface area contributed by atoms with Gasteiger partial charge in [-0.25, -0.2) is 0 Å². The van der Waals surface area contributed by atoms with E-state index in [4.69, 9.17) is 0 Å². The van der Waals surface area contributed by atoms with Crippen LogP contribution in [0, 0.1) is 5.92 Å². The van der Waals surface area contributed by atoms with Crippen molar-refractivity contribution in [2.75, 3.05) is 0 Å². The van der Waals surface area contributed by atoms with E-state index < -0.39 is 0 Å². The number of aliphatic hydroxyl groups is 1. The number of halogens is 2. The second-order valence-corrected chi connectivity index (χ2v) is 5.88. The van der Waals surface area contributed by atoms with Crippen molar-refractivity contribution in [1.82, 2.24) is 0 Å². The van der Waals surface area contributed by atoms with E-state index in [1.54, 1.807) is 0 Å². The van der Waals surface area contributed by atoms with Gasteiger partial charge >= 0.3 is 0 Å². The summed E-state index contributed by atoms with van der Waals surface area (Å²) in [5.41, 5.74) is 0. The van der Waals surface area contributed by atoms with Gasteiger partial charge in [-0.1, -0.05) is 45.7 Å². The molecule has 1 N–H and O–H groups in total. The van der Waals surface area contributed by atoms with Crippen molar-refractivity contribution in [3.63, 3.8) is 0 Å². The Morgan fingerprint density at radius 2 is 1.78 bits per heavy atom. The molecule has 9 heavy (non-hydrogen) atoms. The minimum Gasteiger partial charge on any atom is -0.393 e. The lowest BCUT2D eigenvalue weighted by Crippen LogP contribution is -2.16. The second-order valence-electron chi connectivity index (χ2n) is 2.44. The van der Waals surface area contributed by atoms with Crippen LogP contribution in [0.2, 0.25) is 0 Å². The Bertz CT molecular complexity index is 73.5. The van der Waals surface area contributed by atoms with Gasteiger partial charge in [0.05, 0.1) is 9.84 Å². The lowest BCUT2D eigenvalue weighted by atomic mass is 10.1. The van der Waals surface area contributed by atoms with E-state index in [1.165, 1.54) is 0 Å². The molecule has 0 radical (unpaired) electrons. The van der Waals surface area contributed by atoms with E-state index in [0.29, 0.717) is 5.92 Å². The van der Waals surface area contributed by atoms with Gasteiger partial charge in [-0.2, -0.15) is 0 Å². The Kier molecular flexibility index (Phi) is 5.17. The van der Waals surface area contributed by atoms with Gasteiger partial charge in [0.25, 0.3) is 0 Å². The van der Waals surface area contributed by atoms with Crippen molar-refractivity contribution in [2.45, 2.75) is 30.1 Å². The molecule has 0 unspecified atom stereocenters. The van der Waals surface area contributed by atoms with E-state index >= 15 is 0 Å². The van der Waals surface area contributed by atoms with Crippen LogP contribution in [-0.4, -0.2) is 14.9 Å². The van der Waals surface area contributed by atoms with Crippen molar-refractivity contribution in [2.24, 2.45) is 5.92 Å². The number of rotatable bonds is 3. The third kappa shape index (κ3) is 5.37. The molecule has 0 saturated carbocycles. The number of hydrogen-bond donors (Lipinski definition) is 1. The topological polar surface area (TPSA) is 20.2 Å². The fourth-order valence-electron chi connectivity index (χ4n) is 0.455. The highest BCUT2D eigenvalue weighted by Gasteiger charge is 2.11. The highest BCUT2D eigenvalue weighted by Crippen LogP contribution is 2.18. The molecule has 1 nitrogen and oxygen atoms in total. The molecule has 0 aliphatic carbocycles. The zero-order chi connectivity index (χ0) is 7.44. The first-order valence-electron chi connectivity index (χ1n) is 3.00. The predicted molar refractivity (Wildman–Crippen MR) is 47.1 cm³/mol. The molecule has 0 heterocycles. The minimum atomic E-state index is -0.200. The second kappa shape index (κ2) is 4.69. The Labute approximate surface area is 73.1 Å². The fraction of sp³-hybridized carbons (Fsp3) is 1.00. The average molecular weight is 260 g/mol. The first kappa shape index (κ1) is 9.92. The Hall–Kier alpha value is 0.920. The summed E-state index contributed by atoms with van der Waals surface area (Å²) < 4.78 is 0.238. The molecule has 0 aliphatic heterocycles. The highest BCUT2D eigenvalue weighted by molar-refractivity contribution is 9.24. The zero-order valence-corrected chi connectivity index (χ0v) is 8.81. The number of hydrogen-bond acceptors (Lipinski definition) is 1. The van der Waals surface area contributed by atoms with Gasteiger partial charge in [-0.05, 0) is 12.3 Å². The van der Waals surface area contributed by atoms with Crippen LogP contribution < -0.4 is 0 Å². The quantitative estimate of drug-likeness (QED) is 0.773. The molecule has 0 aromatic rings. The number of aliphatic hydroxyl groups excluding tert-OH is 1. The van der Waals surface area contributed by atoms with Gasteiger partial charge in [0.2, 0.25) is 0 Å². The molecule has 0 aromatic carbocycles. The summed E-state index contributed by atoms with van der Waals surface area (Å²) in [4.78, 5) is 0. The van der Waals surface area contributed by atoms with Crippen molar-refractivity contribution in [1.29, 1.82) is 0 Å². The summed E-state index contributed by atoms with van der Waals surface area (Å²) in [6.45, 7) is 4.01. The third-order valence-corrected chi connectivity index (χ3v) is 1.94. The van der Waals surface area contributed by atoms with Crippen molar-refractivity contribution in [3.8, 4) is 0 Å². The maximum atomic E-state index is 9.24. The summed E-state index contributed by atoms with van der Waals surface area (Å²) in [5, 5.41) is 9.24. The third-order valence-electron chi connectivity index (χ3n) is 1.19. The van der Waals surface area contributed by atoms with Crippen LogP contribution >= 0.6 is 31.9 Å². The molecule has 1 atom stereocenters. The highest BCUT2D eigenvalue weighted by atomic mass is 79.9. The van der Waals surface area contributed by atoms with Crippen LogP contribution in [0.4, 0.5) is 0 Å². The molecular formula is C6H12Br2O. The van der Waals surface area contributed by atoms with Crippen LogP contribution in [0.15, 0.2) is 0 Å². The first-order valence-corrected chi connectivity index (χ1v) is 4.83. The van der Waals surface area contributed by atoms with Gasteiger partial charge in [-0.3, -0.25) is 0 Å². The van der Waals surface area contributed by atoms with Gasteiger partial charge < -0.3 is 5.11 Å². The molecule has 0 aromatic heterocycles. The summed E-state index contributed by atoms with van der Waals surface area (Å²) >= 11 is 6.60. The first-order chi connectivity index (χ1) is 4.04. The largest absolute Gasteiger partial charge is 0.393 e. The van der Waals surface area contributed by atoms with Gasteiger partial charge in [0.15, 0.2) is 0 Å². The van der Waals surface area contributed by atoms with Gasteiger partial charge in [0.1, 0.15) is 0 Å². The Balaban J connectivity index is 3.38. The molecule has 56 valence electrons. The standard InChI is InChI=1S/C6H12Br2O/c1-4(2)5(9)3-6(7)8/h4-6,9H,3H2,1-2H3/t5-/m0/s1. The van der Waals surface area contributed by atoms with E-state index in [2.05, 4.69) is 31.9 Å². The van der Waals surface area contributed by atoms with Crippen molar-refractivity contribution in [3.05, 3.63) is 0 Å². The lowest BCUT2D eigenvalue weighted by molar-refractivity contribution is 0.121. The maximum absolute atomic E-state index is 9.24. The SMILES string of the molecule is CC(C)[C@@H](O)CC(Br)Br. The van der Waals surface area contributed by atoms with Gasteiger partial charge in [-0.15, -0.1) is 0 Å². The van der Waals surface area contributed by atoms with Gasteiger partial charge in [0, 0.05) is 0 Å². The molecule has 0 saturated heterocycles. The molecular weight excluding hydrogens is 248 g/mol. The molecule has 3 heteroatoms. The smallest absolute Gasteiger partial charge is 0.0722 e. The Morgan fingerprint density at radius 3 is 1.89 bits per heavy atom. The summed E-state index contributed by atoms with van der Waals surface area (Å²) in [7, 11) is 0. The monoisotopic (exact) mass is 258 g/mol. The molecule has 0 spiro atoms. The fourth-order valence-corrected chi connectivity index (χ4v) is 1.22. The average Bonchev–Trinajstić information content (AvgIpc) is 1.63. The summed E-state index contributed by atoms with van der Waals surface area (Å²) in [5.74, 6) is 0.350. The van der Waals surface area contributed by atoms with E-state index in [-0.39, 0.29) is 9.84 Å². The molecule has 0 amide bonds. The molecule has 0 fully saturated rings. The van der Waals surface area contributed by atoms with Crippen LogP contribution in [0.3, 0.4) is 0 Å². The van der Waals surface area contributed by atoms with Crippen LogP contribution in [0.25, 0.3) is 0 Å². The summed E-state index contributed by atoms with van der Waals surface area (Å²) in [6, 6.07) is 0. The molecule has 0 bridgehead atoms. The Morgan fingerprint density at radius 1 is 1.33 bits per heavy atom. The predicted octanol–water partition coefficient (Wildman–Crippen LogP) is 2.51. The maximum Gasteiger partial charge on any atom is 0.0722 e. The minimum absolute atomic E-state index is 0.200. The van der Waals surface area contributed by atoms with Crippen LogP contribution in [0.5, 0.6) is 0 Å². The van der Waals surface area contributed by atoms with Crippen LogP contribution in [-0.2, 0) is 0 Å². The molecule has 0 rings (SSSR count). The normalized spacial score (nSPS) is 15.0. The number of alkyl halides is 2. The van der Waals surface area contributed by atoms with E-state index in [1.807, 2.05) is 13.8 Å². The van der Waals surface area contributed by atoms with Crippen molar-refractivity contribution >= 4 is 31.9 Å². The van der Waals surface area contributed by atoms with Crippen LogP contribution in [0.1, 0.15) is 20.3 Å². The van der Waals surface area contributed by atoms with E-state index in [0.717, 1.165) is 6.42 Å². The zero-order valence-electron chi connectivity index (χ0n) is 5.64. The summed E-state index contributed by atoms with van der Waals surface area (Å²) in [6.07, 6.45) is 0.561. The molecule has 0 aliphatic rings.